The van der Waals surface area contributed by atoms with Gasteiger partial charge in [-0.25, -0.2) is 9.97 Å². The van der Waals surface area contributed by atoms with Crippen molar-refractivity contribution in [3.8, 4) is 22.4 Å². The molecule has 2 aromatic heterocycles. The van der Waals surface area contributed by atoms with Crippen molar-refractivity contribution in [1.82, 2.24) is 15.0 Å². The molecule has 0 unspecified atom stereocenters. The molecular formula is C17H15N3. The van der Waals surface area contributed by atoms with Gasteiger partial charge in [0.15, 0.2) is 0 Å². The van der Waals surface area contributed by atoms with Gasteiger partial charge in [0.05, 0.1) is 5.69 Å². The van der Waals surface area contributed by atoms with Crippen molar-refractivity contribution in [2.75, 3.05) is 0 Å². The van der Waals surface area contributed by atoms with Gasteiger partial charge in [-0.05, 0) is 25.5 Å². The minimum absolute atomic E-state index is 0.776. The molecule has 2 heterocycles. The third-order valence-electron chi connectivity index (χ3n) is 3.30. The zero-order valence-electron chi connectivity index (χ0n) is 11.5. The van der Waals surface area contributed by atoms with Gasteiger partial charge in [0.2, 0.25) is 0 Å². The third-order valence-corrected chi connectivity index (χ3v) is 3.30. The molecule has 0 N–H and O–H groups in total. The van der Waals surface area contributed by atoms with Crippen molar-refractivity contribution in [2.45, 2.75) is 13.8 Å². The molecule has 0 saturated carbocycles. The summed E-state index contributed by atoms with van der Waals surface area (Å²) in [6.07, 6.45) is 5.52. The SMILES string of the molecule is Cc1ncc(-c2ccc(-c3ccccc3C)nc2)cn1. The van der Waals surface area contributed by atoms with E-state index < -0.39 is 0 Å². The van der Waals surface area contributed by atoms with E-state index in [9.17, 15) is 0 Å². The summed E-state index contributed by atoms with van der Waals surface area (Å²) in [6.45, 7) is 3.97. The molecule has 98 valence electrons. The topological polar surface area (TPSA) is 38.7 Å². The van der Waals surface area contributed by atoms with Gasteiger partial charge in [-0.1, -0.05) is 30.3 Å². The maximum absolute atomic E-state index is 4.55. The zero-order chi connectivity index (χ0) is 13.9. The molecule has 0 spiro atoms. The van der Waals surface area contributed by atoms with Crippen molar-refractivity contribution >= 4 is 0 Å². The maximum Gasteiger partial charge on any atom is 0.125 e. The first kappa shape index (κ1) is 12.5. The van der Waals surface area contributed by atoms with Crippen molar-refractivity contribution in [3.63, 3.8) is 0 Å². The molecule has 0 aliphatic carbocycles. The molecule has 0 atom stereocenters. The van der Waals surface area contributed by atoms with Crippen LogP contribution in [-0.4, -0.2) is 15.0 Å². The Kier molecular flexibility index (Phi) is 3.25. The predicted molar refractivity (Wildman–Crippen MR) is 80.2 cm³/mol. The molecule has 3 heteroatoms. The Morgan fingerprint density at radius 3 is 2.05 bits per heavy atom. The summed E-state index contributed by atoms with van der Waals surface area (Å²) in [7, 11) is 0. The number of nitrogens with zero attached hydrogens (tertiary/aromatic N) is 3. The van der Waals surface area contributed by atoms with Crippen LogP contribution in [0.1, 0.15) is 11.4 Å². The van der Waals surface area contributed by atoms with Crippen molar-refractivity contribution in [2.24, 2.45) is 0 Å². The lowest BCUT2D eigenvalue weighted by Crippen LogP contribution is -1.90. The summed E-state index contributed by atoms with van der Waals surface area (Å²) in [5.41, 5.74) is 5.40. The van der Waals surface area contributed by atoms with Gasteiger partial charge in [-0.15, -0.1) is 0 Å². The summed E-state index contributed by atoms with van der Waals surface area (Å²) in [5.74, 6) is 0.776. The van der Waals surface area contributed by atoms with E-state index in [1.165, 1.54) is 11.1 Å². The highest BCUT2D eigenvalue weighted by atomic mass is 14.8. The fraction of sp³-hybridized carbons (Fsp3) is 0.118. The molecule has 1 aromatic carbocycles. The summed E-state index contributed by atoms with van der Waals surface area (Å²) in [4.78, 5) is 13.0. The lowest BCUT2D eigenvalue weighted by molar-refractivity contribution is 1.05. The van der Waals surface area contributed by atoms with Crippen molar-refractivity contribution in [1.29, 1.82) is 0 Å². The van der Waals surface area contributed by atoms with Gasteiger partial charge in [0, 0.05) is 35.3 Å². The molecule has 3 nitrogen and oxygen atoms in total. The van der Waals surface area contributed by atoms with Gasteiger partial charge in [-0.2, -0.15) is 0 Å². The van der Waals surface area contributed by atoms with Gasteiger partial charge in [-0.3, -0.25) is 4.98 Å². The number of benzene rings is 1. The number of aryl methyl sites for hydroxylation is 2. The van der Waals surface area contributed by atoms with Gasteiger partial charge in [0.1, 0.15) is 5.82 Å². The summed E-state index contributed by atoms with van der Waals surface area (Å²) in [6, 6.07) is 12.4. The quantitative estimate of drug-likeness (QED) is 0.704. The summed E-state index contributed by atoms with van der Waals surface area (Å²) in [5, 5.41) is 0. The first-order chi connectivity index (χ1) is 9.74. The Labute approximate surface area is 118 Å². The van der Waals surface area contributed by atoms with Crippen LogP contribution in [0.5, 0.6) is 0 Å². The minimum atomic E-state index is 0.776. The Morgan fingerprint density at radius 1 is 0.700 bits per heavy atom. The highest BCUT2D eigenvalue weighted by Gasteiger charge is 2.04. The van der Waals surface area contributed by atoms with Crippen molar-refractivity contribution < 1.29 is 0 Å². The van der Waals surface area contributed by atoms with Gasteiger partial charge >= 0.3 is 0 Å². The third kappa shape index (κ3) is 2.43. The second kappa shape index (κ2) is 5.21. The monoisotopic (exact) mass is 261 g/mol. The van der Waals surface area contributed by atoms with Crippen LogP contribution in [0.15, 0.2) is 55.0 Å². The van der Waals surface area contributed by atoms with Crippen LogP contribution in [0.4, 0.5) is 0 Å². The molecule has 0 bridgehead atoms. The Hall–Kier alpha value is -2.55. The maximum atomic E-state index is 4.55. The molecule has 0 saturated heterocycles. The van der Waals surface area contributed by atoms with E-state index in [1.54, 1.807) is 0 Å². The normalized spacial score (nSPS) is 10.5. The number of pyridine rings is 1. The Morgan fingerprint density at radius 2 is 1.40 bits per heavy atom. The standard InChI is InChI=1S/C17H15N3/c1-12-5-3-4-6-16(12)17-8-7-14(9-20-17)15-10-18-13(2)19-11-15/h3-11H,1-2H3. The van der Waals surface area contributed by atoms with Crippen LogP contribution in [-0.2, 0) is 0 Å². The largest absolute Gasteiger partial charge is 0.256 e. The number of aromatic nitrogens is 3. The molecule has 3 aromatic rings. The van der Waals surface area contributed by atoms with Crippen LogP contribution < -0.4 is 0 Å². The molecule has 0 radical (unpaired) electrons. The Bertz CT molecular complexity index is 716. The van der Waals surface area contributed by atoms with E-state index >= 15 is 0 Å². The molecule has 20 heavy (non-hydrogen) atoms. The van der Waals surface area contributed by atoms with E-state index in [-0.39, 0.29) is 0 Å². The lowest BCUT2D eigenvalue weighted by Gasteiger charge is -2.06. The van der Waals surface area contributed by atoms with Gasteiger partial charge in [0.25, 0.3) is 0 Å². The summed E-state index contributed by atoms with van der Waals surface area (Å²) < 4.78 is 0. The van der Waals surface area contributed by atoms with Crippen LogP contribution in [0.2, 0.25) is 0 Å². The van der Waals surface area contributed by atoms with Crippen LogP contribution >= 0.6 is 0 Å². The van der Waals surface area contributed by atoms with Crippen molar-refractivity contribution in [3.05, 3.63) is 66.4 Å². The highest BCUT2D eigenvalue weighted by molar-refractivity contribution is 5.67. The molecule has 0 fully saturated rings. The second-order valence-corrected chi connectivity index (χ2v) is 4.77. The fourth-order valence-electron chi connectivity index (χ4n) is 2.13. The zero-order valence-corrected chi connectivity index (χ0v) is 11.5. The highest BCUT2D eigenvalue weighted by Crippen LogP contribution is 2.23. The predicted octanol–water partition coefficient (Wildman–Crippen LogP) is 3.82. The van der Waals surface area contributed by atoms with E-state index in [0.717, 1.165) is 22.6 Å². The van der Waals surface area contributed by atoms with E-state index in [2.05, 4.69) is 40.1 Å². The molecular weight excluding hydrogens is 246 g/mol. The van der Waals surface area contributed by atoms with Crippen LogP contribution in [0, 0.1) is 13.8 Å². The van der Waals surface area contributed by atoms with Crippen LogP contribution in [0.25, 0.3) is 22.4 Å². The average molecular weight is 261 g/mol. The van der Waals surface area contributed by atoms with E-state index in [1.807, 2.05) is 43.7 Å². The molecule has 0 amide bonds. The smallest absolute Gasteiger partial charge is 0.125 e. The molecule has 3 rings (SSSR count). The first-order valence-corrected chi connectivity index (χ1v) is 6.55. The number of hydrogen-bond donors (Lipinski definition) is 0. The fourth-order valence-corrected chi connectivity index (χ4v) is 2.13. The lowest BCUT2D eigenvalue weighted by atomic mass is 10.0. The van der Waals surface area contributed by atoms with E-state index in [0.29, 0.717) is 0 Å². The average Bonchev–Trinajstić information content (AvgIpc) is 2.49. The molecule has 0 aliphatic rings. The number of hydrogen-bond acceptors (Lipinski definition) is 3. The first-order valence-electron chi connectivity index (χ1n) is 6.55. The molecule has 0 aliphatic heterocycles. The van der Waals surface area contributed by atoms with Gasteiger partial charge < -0.3 is 0 Å². The minimum Gasteiger partial charge on any atom is -0.256 e. The van der Waals surface area contributed by atoms with Crippen LogP contribution in [0.3, 0.4) is 0 Å². The second-order valence-electron chi connectivity index (χ2n) is 4.77. The summed E-state index contributed by atoms with van der Waals surface area (Å²) >= 11 is 0. The Balaban J connectivity index is 1.96. The number of rotatable bonds is 2. The van der Waals surface area contributed by atoms with E-state index in [4.69, 9.17) is 0 Å².